The third-order valence-electron chi connectivity index (χ3n) is 4.14. The molecule has 0 bridgehead atoms. The molecule has 1 rings (SSSR count). The number of esters is 2. The average Bonchev–Trinajstić information content (AvgIpc) is 2.67. The van der Waals surface area contributed by atoms with Crippen molar-refractivity contribution < 1.29 is 19.1 Å². The van der Waals surface area contributed by atoms with Gasteiger partial charge in [-0.05, 0) is 43.5 Å². The van der Waals surface area contributed by atoms with Gasteiger partial charge in [0.1, 0.15) is 5.75 Å². The van der Waals surface area contributed by atoms with E-state index < -0.39 is 0 Å². The molecule has 0 saturated heterocycles. The number of hydrogen-bond donors (Lipinski definition) is 2. The molecule has 1 aromatic rings. The number of carbonyl (C=O) groups excluding carboxylic acids is 2. The molecule has 0 unspecified atom stereocenters. The molecule has 0 aliphatic carbocycles. The molecule has 1 aromatic carbocycles. The van der Waals surface area contributed by atoms with Crippen molar-refractivity contribution in [3.63, 3.8) is 0 Å². The van der Waals surface area contributed by atoms with Gasteiger partial charge in [-0.25, -0.2) is 4.79 Å². The highest BCUT2D eigenvalue weighted by molar-refractivity contribution is 5.89. The van der Waals surface area contributed by atoms with E-state index in [2.05, 4.69) is 11.9 Å². The number of aliphatic imine (C=N–C) groups is 1. The number of hydrogen-bond acceptors (Lipinski definition) is 5. The monoisotopic (exact) mass is 391 g/mol. The zero-order valence-electron chi connectivity index (χ0n) is 16.8. The highest BCUT2D eigenvalue weighted by atomic mass is 16.5. The first kappa shape index (κ1) is 23.5. The van der Waals surface area contributed by atoms with Crippen molar-refractivity contribution in [1.29, 1.82) is 0 Å². The second kappa shape index (κ2) is 14.5. The van der Waals surface area contributed by atoms with Gasteiger partial charge in [-0.3, -0.25) is 9.79 Å². The van der Waals surface area contributed by atoms with Gasteiger partial charge in [0.25, 0.3) is 0 Å². The lowest BCUT2D eigenvalue weighted by Gasteiger charge is -2.07. The van der Waals surface area contributed by atoms with Crippen LogP contribution < -0.4 is 16.2 Å². The molecule has 7 heteroatoms. The molecule has 0 aromatic heterocycles. The summed E-state index contributed by atoms with van der Waals surface area (Å²) in [6.45, 7) is 3.16. The van der Waals surface area contributed by atoms with E-state index in [9.17, 15) is 9.59 Å². The van der Waals surface area contributed by atoms with Crippen LogP contribution in [0.2, 0.25) is 0 Å². The predicted molar refractivity (Wildman–Crippen MR) is 110 cm³/mol. The van der Waals surface area contributed by atoms with Crippen molar-refractivity contribution in [2.45, 2.75) is 64.7 Å². The van der Waals surface area contributed by atoms with E-state index in [1.807, 2.05) is 0 Å². The fourth-order valence-corrected chi connectivity index (χ4v) is 2.56. The molecule has 0 amide bonds. The smallest absolute Gasteiger partial charge is 0.338 e. The van der Waals surface area contributed by atoms with E-state index in [4.69, 9.17) is 20.9 Å². The van der Waals surface area contributed by atoms with Crippen LogP contribution in [0.1, 0.15) is 75.1 Å². The maximum atomic E-state index is 12.0. The summed E-state index contributed by atoms with van der Waals surface area (Å²) in [4.78, 5) is 27.7. The van der Waals surface area contributed by atoms with Gasteiger partial charge < -0.3 is 20.9 Å². The molecule has 0 aliphatic heterocycles. The zero-order valence-corrected chi connectivity index (χ0v) is 16.8. The molecule has 0 spiro atoms. The fraction of sp³-hybridized carbons (Fsp3) is 0.571. The Morgan fingerprint density at radius 1 is 0.929 bits per heavy atom. The lowest BCUT2D eigenvalue weighted by Crippen LogP contribution is -2.22. The van der Waals surface area contributed by atoms with Crippen LogP contribution in [0, 0.1) is 0 Å². The molecule has 0 aliphatic rings. The lowest BCUT2D eigenvalue weighted by molar-refractivity contribution is -0.134. The van der Waals surface area contributed by atoms with Crippen molar-refractivity contribution in [3.05, 3.63) is 29.8 Å². The third-order valence-corrected chi connectivity index (χ3v) is 4.14. The molecule has 156 valence electrons. The standard InChI is InChI=1S/C21H33N3O4/c1-2-3-4-5-9-16-27-20(26)17-11-13-18(14-12-17)28-19(25)10-7-6-8-15-24-21(22)23/h11-14H,2-10,15-16H2,1H3,(H4,22,23,24). The van der Waals surface area contributed by atoms with E-state index in [1.165, 1.54) is 19.3 Å². The maximum Gasteiger partial charge on any atom is 0.338 e. The number of benzene rings is 1. The largest absolute Gasteiger partial charge is 0.462 e. The molecule has 0 saturated carbocycles. The Hall–Kier alpha value is -2.57. The van der Waals surface area contributed by atoms with Crippen LogP contribution in [-0.4, -0.2) is 31.0 Å². The van der Waals surface area contributed by atoms with E-state index in [1.54, 1.807) is 24.3 Å². The highest BCUT2D eigenvalue weighted by Crippen LogP contribution is 2.15. The van der Waals surface area contributed by atoms with Crippen LogP contribution in [0.25, 0.3) is 0 Å². The summed E-state index contributed by atoms with van der Waals surface area (Å²) in [5.74, 6) is -0.154. The quantitative estimate of drug-likeness (QED) is 0.165. The Labute approximate surface area is 167 Å². The van der Waals surface area contributed by atoms with Crippen LogP contribution in [-0.2, 0) is 9.53 Å². The summed E-state index contributed by atoms with van der Waals surface area (Å²) >= 11 is 0. The number of carbonyl (C=O) groups is 2. The van der Waals surface area contributed by atoms with Crippen molar-refractivity contribution in [3.8, 4) is 5.75 Å². The number of nitrogens with zero attached hydrogens (tertiary/aromatic N) is 1. The van der Waals surface area contributed by atoms with Crippen LogP contribution in [0.5, 0.6) is 5.75 Å². The second-order valence-corrected chi connectivity index (χ2v) is 6.67. The molecule has 4 N–H and O–H groups in total. The van der Waals surface area contributed by atoms with Gasteiger partial charge in [-0.2, -0.15) is 0 Å². The summed E-state index contributed by atoms with van der Waals surface area (Å²) < 4.78 is 10.5. The third kappa shape index (κ3) is 11.2. The molecular weight excluding hydrogens is 358 g/mol. The van der Waals surface area contributed by atoms with Gasteiger partial charge in [0.15, 0.2) is 5.96 Å². The van der Waals surface area contributed by atoms with Gasteiger partial charge in [0.2, 0.25) is 0 Å². The Bertz CT molecular complexity index is 611. The van der Waals surface area contributed by atoms with E-state index in [0.29, 0.717) is 37.3 Å². The Morgan fingerprint density at radius 2 is 1.61 bits per heavy atom. The SMILES string of the molecule is CCCCCCCOC(=O)c1ccc(OC(=O)CCCCCN=C(N)N)cc1. The first-order chi connectivity index (χ1) is 13.5. The van der Waals surface area contributed by atoms with Gasteiger partial charge in [0.05, 0.1) is 12.2 Å². The van der Waals surface area contributed by atoms with Crippen LogP contribution in [0.4, 0.5) is 0 Å². The minimum Gasteiger partial charge on any atom is -0.462 e. The number of unbranched alkanes of at least 4 members (excludes halogenated alkanes) is 6. The minimum atomic E-state index is -0.353. The Balaban J connectivity index is 2.23. The Kier molecular flexibility index (Phi) is 12.1. The first-order valence-electron chi connectivity index (χ1n) is 10.1. The highest BCUT2D eigenvalue weighted by Gasteiger charge is 2.09. The molecular formula is C21H33N3O4. The molecule has 7 nitrogen and oxygen atoms in total. The summed E-state index contributed by atoms with van der Waals surface area (Å²) in [7, 11) is 0. The summed E-state index contributed by atoms with van der Waals surface area (Å²) in [5, 5.41) is 0. The van der Waals surface area contributed by atoms with Gasteiger partial charge in [0, 0.05) is 13.0 Å². The van der Waals surface area contributed by atoms with E-state index in [0.717, 1.165) is 25.7 Å². The van der Waals surface area contributed by atoms with Gasteiger partial charge in [-0.1, -0.05) is 39.0 Å². The van der Waals surface area contributed by atoms with Crippen LogP contribution >= 0.6 is 0 Å². The molecule has 0 radical (unpaired) electrons. The molecule has 0 heterocycles. The average molecular weight is 392 g/mol. The predicted octanol–water partition coefficient (Wildman–Crippen LogP) is 3.55. The molecule has 28 heavy (non-hydrogen) atoms. The second-order valence-electron chi connectivity index (χ2n) is 6.67. The van der Waals surface area contributed by atoms with Gasteiger partial charge in [-0.15, -0.1) is 0 Å². The fourth-order valence-electron chi connectivity index (χ4n) is 2.56. The summed E-state index contributed by atoms with van der Waals surface area (Å²) in [6.07, 6.45) is 8.23. The topological polar surface area (TPSA) is 117 Å². The number of nitrogens with two attached hydrogens (primary N) is 2. The molecule has 0 fully saturated rings. The maximum absolute atomic E-state index is 12.0. The number of guanidine groups is 1. The van der Waals surface area contributed by atoms with Crippen molar-refractivity contribution in [2.24, 2.45) is 16.5 Å². The van der Waals surface area contributed by atoms with E-state index >= 15 is 0 Å². The number of ether oxygens (including phenoxy) is 2. The minimum absolute atomic E-state index is 0.0821. The summed E-state index contributed by atoms with van der Waals surface area (Å²) in [6, 6.07) is 6.43. The molecule has 0 atom stereocenters. The zero-order chi connectivity index (χ0) is 20.6. The van der Waals surface area contributed by atoms with Crippen molar-refractivity contribution in [1.82, 2.24) is 0 Å². The van der Waals surface area contributed by atoms with Crippen molar-refractivity contribution in [2.75, 3.05) is 13.2 Å². The number of rotatable bonds is 14. The summed E-state index contributed by atoms with van der Waals surface area (Å²) in [5.41, 5.74) is 10.9. The van der Waals surface area contributed by atoms with Crippen molar-refractivity contribution >= 4 is 17.9 Å². The lowest BCUT2D eigenvalue weighted by atomic mass is 10.2. The van der Waals surface area contributed by atoms with Crippen LogP contribution in [0.3, 0.4) is 0 Å². The van der Waals surface area contributed by atoms with Gasteiger partial charge >= 0.3 is 11.9 Å². The normalized spacial score (nSPS) is 10.3. The van der Waals surface area contributed by atoms with E-state index in [-0.39, 0.29) is 17.9 Å². The van der Waals surface area contributed by atoms with Crippen LogP contribution in [0.15, 0.2) is 29.3 Å². The Morgan fingerprint density at radius 3 is 2.29 bits per heavy atom. The first-order valence-corrected chi connectivity index (χ1v) is 10.1.